The van der Waals surface area contributed by atoms with Crippen LogP contribution in [0.4, 0.5) is 0 Å². The molecule has 1 aliphatic heterocycles. The van der Waals surface area contributed by atoms with Gasteiger partial charge in [-0.2, -0.15) is 0 Å². The largest absolute Gasteiger partial charge is 0.319 e. The number of amides is 1. The molecule has 90 valence electrons. The fourth-order valence-corrected chi connectivity index (χ4v) is 2.86. The molecule has 1 aliphatic carbocycles. The lowest BCUT2D eigenvalue weighted by molar-refractivity contribution is -0.129. The lowest BCUT2D eigenvalue weighted by Gasteiger charge is -2.26. The van der Waals surface area contributed by atoms with Crippen molar-refractivity contribution in [1.29, 1.82) is 0 Å². The van der Waals surface area contributed by atoms with Crippen LogP contribution in [-0.2, 0) is 4.79 Å². The van der Waals surface area contributed by atoms with Crippen LogP contribution in [0.25, 0.3) is 0 Å². The molecule has 2 nitrogen and oxygen atoms in total. The van der Waals surface area contributed by atoms with Gasteiger partial charge < -0.3 is 4.90 Å². The van der Waals surface area contributed by atoms with Crippen molar-refractivity contribution in [3.05, 3.63) is 48.2 Å². The summed E-state index contributed by atoms with van der Waals surface area (Å²) in [5.41, 5.74) is 3.47. The summed E-state index contributed by atoms with van der Waals surface area (Å²) in [4.78, 5) is 13.8. The highest BCUT2D eigenvalue weighted by Gasteiger charge is 2.43. The van der Waals surface area contributed by atoms with Crippen LogP contribution < -0.4 is 0 Å². The highest BCUT2D eigenvalue weighted by molar-refractivity contribution is 5.85. The maximum atomic E-state index is 12.1. The van der Waals surface area contributed by atoms with Crippen LogP contribution in [0.3, 0.4) is 0 Å². The molecule has 1 heterocycles. The summed E-state index contributed by atoms with van der Waals surface area (Å²) in [7, 11) is 1.83. The lowest BCUT2D eigenvalue weighted by Crippen LogP contribution is -2.24. The van der Waals surface area contributed by atoms with Crippen molar-refractivity contribution in [3.8, 4) is 0 Å². The minimum Gasteiger partial charge on any atom is -0.319 e. The minimum absolute atomic E-state index is 0.0782. The Morgan fingerprint density at radius 3 is 2.53 bits per heavy atom. The molecule has 0 aromatic rings. The van der Waals surface area contributed by atoms with Gasteiger partial charge >= 0.3 is 0 Å². The molecule has 0 bridgehead atoms. The van der Waals surface area contributed by atoms with E-state index in [1.807, 2.05) is 26.1 Å². The highest BCUT2D eigenvalue weighted by atomic mass is 16.2. The Labute approximate surface area is 103 Å². The molecule has 0 saturated carbocycles. The molecule has 2 heteroatoms. The van der Waals surface area contributed by atoms with Crippen LogP contribution in [0, 0.1) is 11.8 Å². The average Bonchev–Trinajstić information content (AvgIpc) is 2.54. The first-order valence-corrected chi connectivity index (χ1v) is 6.03. The smallest absolute Gasteiger partial charge is 0.230 e. The Bertz CT molecular complexity index is 442. The summed E-state index contributed by atoms with van der Waals surface area (Å²) in [5.74, 6) is 0.566. The minimum atomic E-state index is 0.0782. The summed E-state index contributed by atoms with van der Waals surface area (Å²) < 4.78 is 0. The van der Waals surface area contributed by atoms with Crippen molar-refractivity contribution < 1.29 is 4.79 Å². The summed E-state index contributed by atoms with van der Waals surface area (Å²) in [6.07, 6.45) is 7.77. The van der Waals surface area contributed by atoms with Crippen LogP contribution in [-0.4, -0.2) is 17.9 Å². The standard InChI is InChI=1S/C15H19NO/c1-5-7-12-9-13-10(3)16(4)15(17)14(13)8-11(12)6-2/h5-7,13-14H,2-3,8-9H2,1,4H3/b7-5-. The number of likely N-dealkylation sites (tertiary alicyclic amines) is 1. The second-order valence-electron chi connectivity index (χ2n) is 4.76. The van der Waals surface area contributed by atoms with Gasteiger partial charge in [0.25, 0.3) is 0 Å². The molecule has 2 atom stereocenters. The van der Waals surface area contributed by atoms with Gasteiger partial charge in [-0.3, -0.25) is 4.79 Å². The van der Waals surface area contributed by atoms with E-state index in [-0.39, 0.29) is 17.7 Å². The van der Waals surface area contributed by atoms with Gasteiger partial charge in [-0.05, 0) is 30.9 Å². The number of fused-ring (bicyclic) bond motifs is 1. The van der Waals surface area contributed by atoms with E-state index < -0.39 is 0 Å². The van der Waals surface area contributed by atoms with Crippen molar-refractivity contribution in [2.45, 2.75) is 19.8 Å². The second-order valence-corrected chi connectivity index (χ2v) is 4.76. The molecule has 2 unspecified atom stereocenters. The Balaban J connectivity index is 2.37. The van der Waals surface area contributed by atoms with Gasteiger partial charge in [0, 0.05) is 18.7 Å². The fourth-order valence-electron chi connectivity index (χ4n) is 2.86. The van der Waals surface area contributed by atoms with Crippen molar-refractivity contribution in [2.24, 2.45) is 11.8 Å². The van der Waals surface area contributed by atoms with E-state index in [1.54, 1.807) is 4.90 Å². The molecule has 17 heavy (non-hydrogen) atoms. The van der Waals surface area contributed by atoms with E-state index in [0.29, 0.717) is 0 Å². The predicted molar refractivity (Wildman–Crippen MR) is 70.2 cm³/mol. The zero-order chi connectivity index (χ0) is 12.6. The van der Waals surface area contributed by atoms with Crippen LogP contribution in [0.1, 0.15) is 19.8 Å². The molecule has 1 fully saturated rings. The van der Waals surface area contributed by atoms with Crippen LogP contribution >= 0.6 is 0 Å². The van der Waals surface area contributed by atoms with Gasteiger partial charge in [0.2, 0.25) is 5.91 Å². The van der Waals surface area contributed by atoms with Crippen molar-refractivity contribution in [1.82, 2.24) is 4.90 Å². The number of rotatable bonds is 2. The van der Waals surface area contributed by atoms with Crippen molar-refractivity contribution >= 4 is 5.91 Å². The Morgan fingerprint density at radius 1 is 1.29 bits per heavy atom. The Hall–Kier alpha value is -1.57. The quantitative estimate of drug-likeness (QED) is 0.712. The van der Waals surface area contributed by atoms with Crippen molar-refractivity contribution in [2.75, 3.05) is 7.05 Å². The van der Waals surface area contributed by atoms with E-state index >= 15 is 0 Å². The van der Waals surface area contributed by atoms with Gasteiger partial charge in [-0.15, -0.1) is 0 Å². The number of hydrogen-bond donors (Lipinski definition) is 0. The van der Waals surface area contributed by atoms with Gasteiger partial charge in [0.15, 0.2) is 0 Å². The third-order valence-electron chi connectivity index (χ3n) is 3.90. The fraction of sp³-hybridized carbons (Fsp3) is 0.400. The van der Waals surface area contributed by atoms with Gasteiger partial charge in [-0.1, -0.05) is 31.4 Å². The topological polar surface area (TPSA) is 20.3 Å². The van der Waals surface area contributed by atoms with Crippen molar-refractivity contribution in [3.63, 3.8) is 0 Å². The number of nitrogens with zero attached hydrogens (tertiary/aromatic N) is 1. The summed E-state index contributed by atoms with van der Waals surface area (Å²) in [6.45, 7) is 9.92. The average molecular weight is 229 g/mol. The van der Waals surface area contributed by atoms with Gasteiger partial charge in [0.1, 0.15) is 0 Å². The molecule has 1 saturated heterocycles. The molecule has 0 aromatic carbocycles. The zero-order valence-corrected chi connectivity index (χ0v) is 10.6. The first kappa shape index (κ1) is 11.9. The highest BCUT2D eigenvalue weighted by Crippen LogP contribution is 2.44. The van der Waals surface area contributed by atoms with E-state index in [2.05, 4.69) is 19.2 Å². The summed E-state index contributed by atoms with van der Waals surface area (Å²) in [5, 5.41) is 0. The summed E-state index contributed by atoms with van der Waals surface area (Å²) in [6, 6.07) is 0. The molecular weight excluding hydrogens is 210 g/mol. The first-order chi connectivity index (χ1) is 8.10. The van der Waals surface area contributed by atoms with Gasteiger partial charge in [-0.25, -0.2) is 0 Å². The molecule has 0 spiro atoms. The van der Waals surface area contributed by atoms with Crippen LogP contribution in [0.5, 0.6) is 0 Å². The molecule has 2 aliphatic rings. The number of allylic oxidation sites excluding steroid dienone is 6. The SMILES string of the molecule is C=CC1=C(/C=C\C)CC2C(=C)N(C)C(=O)C2C1. The van der Waals surface area contributed by atoms with E-state index in [4.69, 9.17) is 0 Å². The molecule has 2 rings (SSSR count). The predicted octanol–water partition coefficient (Wildman–Crippen LogP) is 3.06. The third-order valence-corrected chi connectivity index (χ3v) is 3.90. The third kappa shape index (κ3) is 1.78. The van der Waals surface area contributed by atoms with Gasteiger partial charge in [0.05, 0.1) is 5.92 Å². The number of carbonyl (C=O) groups excluding carboxylic acids is 1. The Kier molecular flexibility index (Phi) is 3.05. The maximum Gasteiger partial charge on any atom is 0.230 e. The summed E-state index contributed by atoms with van der Waals surface area (Å²) >= 11 is 0. The Morgan fingerprint density at radius 2 is 1.94 bits per heavy atom. The molecule has 0 aromatic heterocycles. The van der Waals surface area contributed by atoms with Crippen LogP contribution in [0.2, 0.25) is 0 Å². The molecular formula is C15H19NO. The van der Waals surface area contributed by atoms with E-state index in [1.165, 1.54) is 11.1 Å². The first-order valence-electron chi connectivity index (χ1n) is 6.03. The monoisotopic (exact) mass is 229 g/mol. The molecule has 0 N–H and O–H groups in total. The normalized spacial score (nSPS) is 29.2. The second kappa shape index (κ2) is 4.36. The number of hydrogen-bond acceptors (Lipinski definition) is 1. The lowest BCUT2D eigenvalue weighted by atomic mass is 9.76. The maximum absolute atomic E-state index is 12.1. The molecule has 1 amide bonds. The van der Waals surface area contributed by atoms with E-state index in [0.717, 1.165) is 18.5 Å². The zero-order valence-electron chi connectivity index (χ0n) is 10.6. The number of carbonyl (C=O) groups is 1. The van der Waals surface area contributed by atoms with Crippen LogP contribution in [0.15, 0.2) is 48.2 Å². The van der Waals surface area contributed by atoms with E-state index in [9.17, 15) is 4.79 Å². The molecule has 0 radical (unpaired) electrons.